The zero-order chi connectivity index (χ0) is 22.2. The second kappa shape index (κ2) is 9.13. The monoisotopic (exact) mass is 480 g/mol. The minimum Gasteiger partial charge on any atom is -0.336 e. The standard InChI is InChI=1S/C22H28N2O4S3/c1-15-3-5-19(29-15)21(25)18-7-8-23(2)14-16(18)13-17-4-6-20(30-17)22(26)24-9-11-31(27,28)12-10-24/h3-6,16,18H,7-14H2,1-2H3. The number of amides is 1. The zero-order valence-corrected chi connectivity index (χ0v) is 20.3. The van der Waals surface area contributed by atoms with Gasteiger partial charge in [0.25, 0.3) is 5.91 Å². The summed E-state index contributed by atoms with van der Waals surface area (Å²) in [5, 5.41) is 0. The highest BCUT2D eigenvalue weighted by atomic mass is 32.2. The second-order valence-electron chi connectivity index (χ2n) is 8.61. The number of rotatable bonds is 5. The topological polar surface area (TPSA) is 74.8 Å². The van der Waals surface area contributed by atoms with Crippen LogP contribution in [0.2, 0.25) is 0 Å². The van der Waals surface area contributed by atoms with Crippen molar-refractivity contribution in [2.45, 2.75) is 19.8 Å². The van der Waals surface area contributed by atoms with Crippen LogP contribution >= 0.6 is 22.7 Å². The van der Waals surface area contributed by atoms with Crippen LogP contribution in [0.25, 0.3) is 0 Å². The smallest absolute Gasteiger partial charge is 0.263 e. The average Bonchev–Trinajstić information content (AvgIpc) is 3.36. The number of carbonyl (C=O) groups excluding carboxylic acids is 2. The fourth-order valence-electron chi connectivity index (χ4n) is 4.45. The Kier molecular flexibility index (Phi) is 6.67. The highest BCUT2D eigenvalue weighted by Crippen LogP contribution is 2.33. The first kappa shape index (κ1) is 22.6. The molecule has 4 rings (SSSR count). The molecule has 168 valence electrons. The minimum atomic E-state index is -3.01. The Bertz CT molecular complexity index is 1060. The normalized spacial score (nSPS) is 24.3. The Labute approximate surface area is 191 Å². The van der Waals surface area contributed by atoms with Gasteiger partial charge in [-0.25, -0.2) is 8.42 Å². The molecular weight excluding hydrogens is 452 g/mol. The lowest BCUT2D eigenvalue weighted by atomic mass is 9.80. The summed E-state index contributed by atoms with van der Waals surface area (Å²) < 4.78 is 23.3. The van der Waals surface area contributed by atoms with Crippen LogP contribution in [0, 0.1) is 18.8 Å². The molecule has 31 heavy (non-hydrogen) atoms. The van der Waals surface area contributed by atoms with Crippen LogP contribution in [0.5, 0.6) is 0 Å². The predicted molar refractivity (Wildman–Crippen MR) is 125 cm³/mol. The third kappa shape index (κ3) is 5.27. The molecule has 0 N–H and O–H groups in total. The molecule has 2 aliphatic heterocycles. The van der Waals surface area contributed by atoms with Gasteiger partial charge in [-0.3, -0.25) is 9.59 Å². The van der Waals surface area contributed by atoms with E-state index in [2.05, 4.69) is 11.9 Å². The fourth-order valence-corrected chi connectivity index (χ4v) is 7.59. The molecule has 0 aromatic carbocycles. The van der Waals surface area contributed by atoms with Gasteiger partial charge in [-0.15, -0.1) is 22.7 Å². The van der Waals surface area contributed by atoms with Crippen molar-refractivity contribution in [1.82, 2.24) is 9.80 Å². The Balaban J connectivity index is 1.45. The summed E-state index contributed by atoms with van der Waals surface area (Å²) in [7, 11) is -0.919. The van der Waals surface area contributed by atoms with E-state index in [1.54, 1.807) is 16.2 Å². The Hall–Kier alpha value is -1.55. The summed E-state index contributed by atoms with van der Waals surface area (Å²) >= 11 is 3.04. The number of aryl methyl sites for hydroxylation is 1. The maximum Gasteiger partial charge on any atom is 0.263 e. The van der Waals surface area contributed by atoms with E-state index in [4.69, 9.17) is 0 Å². The summed E-state index contributed by atoms with van der Waals surface area (Å²) in [5.74, 6) is 0.458. The fraction of sp³-hybridized carbons (Fsp3) is 0.545. The van der Waals surface area contributed by atoms with Gasteiger partial charge in [-0.05, 0) is 63.5 Å². The molecule has 2 aromatic rings. The number of Topliss-reactive ketones (excluding diaryl/α,β-unsaturated/α-hetero) is 1. The van der Waals surface area contributed by atoms with E-state index in [0.717, 1.165) is 40.6 Å². The third-order valence-corrected chi connectivity index (χ3v) is 9.94. The van der Waals surface area contributed by atoms with Crippen molar-refractivity contribution in [3.05, 3.63) is 43.8 Å². The lowest BCUT2D eigenvalue weighted by molar-refractivity contribution is 0.0748. The molecule has 2 aromatic heterocycles. The summed E-state index contributed by atoms with van der Waals surface area (Å²) in [6.07, 6.45) is 1.63. The molecule has 0 aliphatic carbocycles. The first-order valence-electron chi connectivity index (χ1n) is 10.6. The van der Waals surface area contributed by atoms with Crippen LogP contribution < -0.4 is 0 Å². The lowest BCUT2D eigenvalue weighted by Gasteiger charge is -2.35. The quantitative estimate of drug-likeness (QED) is 0.615. The predicted octanol–water partition coefficient (Wildman–Crippen LogP) is 2.98. The van der Waals surface area contributed by atoms with Crippen LogP contribution in [0.15, 0.2) is 24.3 Å². The summed E-state index contributed by atoms with van der Waals surface area (Å²) in [6.45, 7) is 4.34. The number of nitrogens with zero attached hydrogens (tertiary/aromatic N) is 2. The van der Waals surface area contributed by atoms with Crippen molar-refractivity contribution < 1.29 is 18.0 Å². The molecule has 2 atom stereocenters. The lowest BCUT2D eigenvalue weighted by Crippen LogP contribution is -2.43. The van der Waals surface area contributed by atoms with Crippen LogP contribution in [0.3, 0.4) is 0 Å². The molecular formula is C22H28N2O4S3. The van der Waals surface area contributed by atoms with Gasteiger partial charge in [0.15, 0.2) is 15.6 Å². The second-order valence-corrected chi connectivity index (χ2v) is 13.4. The number of hydrogen-bond donors (Lipinski definition) is 0. The summed E-state index contributed by atoms with van der Waals surface area (Å²) in [5.41, 5.74) is 0. The number of sulfone groups is 1. The van der Waals surface area contributed by atoms with Crippen molar-refractivity contribution in [2.75, 3.05) is 44.7 Å². The van der Waals surface area contributed by atoms with Crippen molar-refractivity contribution in [3.63, 3.8) is 0 Å². The largest absolute Gasteiger partial charge is 0.336 e. The highest BCUT2D eigenvalue weighted by molar-refractivity contribution is 7.91. The van der Waals surface area contributed by atoms with Gasteiger partial charge in [0.1, 0.15) is 0 Å². The van der Waals surface area contributed by atoms with Gasteiger partial charge in [0, 0.05) is 35.3 Å². The van der Waals surface area contributed by atoms with Crippen LogP contribution in [0.1, 0.15) is 35.5 Å². The van der Waals surface area contributed by atoms with Crippen LogP contribution in [0.4, 0.5) is 0 Å². The third-order valence-electron chi connectivity index (χ3n) is 6.22. The molecule has 2 unspecified atom stereocenters. The molecule has 4 heterocycles. The zero-order valence-electron chi connectivity index (χ0n) is 17.9. The molecule has 0 saturated carbocycles. The van der Waals surface area contributed by atoms with Crippen LogP contribution in [-0.4, -0.2) is 74.6 Å². The maximum absolute atomic E-state index is 13.2. The number of ketones is 1. The Morgan fingerprint density at radius 3 is 2.42 bits per heavy atom. The van der Waals surface area contributed by atoms with Gasteiger partial charge in [0.2, 0.25) is 0 Å². The van der Waals surface area contributed by atoms with Gasteiger partial charge >= 0.3 is 0 Å². The number of thiophene rings is 2. The van der Waals surface area contributed by atoms with E-state index in [-0.39, 0.29) is 48.1 Å². The molecule has 1 amide bonds. The van der Waals surface area contributed by atoms with Crippen molar-refractivity contribution in [3.8, 4) is 0 Å². The van der Waals surface area contributed by atoms with Gasteiger partial charge in [-0.2, -0.15) is 0 Å². The summed E-state index contributed by atoms with van der Waals surface area (Å²) in [4.78, 5) is 33.7. The average molecular weight is 481 g/mol. The molecule has 0 bridgehead atoms. The van der Waals surface area contributed by atoms with Crippen molar-refractivity contribution in [1.29, 1.82) is 0 Å². The molecule has 2 saturated heterocycles. The van der Waals surface area contributed by atoms with E-state index in [9.17, 15) is 18.0 Å². The number of piperidine rings is 1. The van der Waals surface area contributed by atoms with E-state index in [1.807, 2.05) is 31.2 Å². The molecule has 6 nitrogen and oxygen atoms in total. The van der Waals surface area contributed by atoms with E-state index < -0.39 is 9.84 Å². The number of likely N-dealkylation sites (tertiary alicyclic amines) is 1. The van der Waals surface area contributed by atoms with Gasteiger partial charge in [0.05, 0.1) is 21.3 Å². The van der Waals surface area contributed by atoms with E-state index in [1.165, 1.54) is 11.3 Å². The van der Waals surface area contributed by atoms with Gasteiger partial charge < -0.3 is 9.80 Å². The van der Waals surface area contributed by atoms with E-state index in [0.29, 0.717) is 4.88 Å². The molecule has 0 radical (unpaired) electrons. The van der Waals surface area contributed by atoms with Crippen molar-refractivity contribution >= 4 is 44.2 Å². The first-order chi connectivity index (χ1) is 14.7. The first-order valence-corrected chi connectivity index (χ1v) is 14.0. The van der Waals surface area contributed by atoms with Gasteiger partial charge in [-0.1, -0.05) is 0 Å². The SMILES string of the molecule is Cc1ccc(C(=O)C2CCN(C)CC2Cc2ccc(C(=O)N3CCS(=O)(=O)CC3)s2)s1. The van der Waals surface area contributed by atoms with Crippen molar-refractivity contribution in [2.24, 2.45) is 11.8 Å². The van der Waals surface area contributed by atoms with E-state index >= 15 is 0 Å². The molecule has 2 aliphatic rings. The number of hydrogen-bond acceptors (Lipinski definition) is 7. The molecule has 2 fully saturated rings. The Morgan fingerprint density at radius 1 is 1.03 bits per heavy atom. The van der Waals surface area contributed by atoms with Crippen LogP contribution in [-0.2, 0) is 16.3 Å². The Morgan fingerprint density at radius 2 is 1.74 bits per heavy atom. The maximum atomic E-state index is 13.2. The highest BCUT2D eigenvalue weighted by Gasteiger charge is 2.34. The minimum absolute atomic E-state index is 0.00260. The molecule has 9 heteroatoms. The summed E-state index contributed by atoms with van der Waals surface area (Å²) in [6, 6.07) is 7.78. The molecule has 0 spiro atoms. The number of carbonyl (C=O) groups is 2.